The molecule has 0 amide bonds. The zero-order valence-corrected chi connectivity index (χ0v) is 5.55. The summed E-state index contributed by atoms with van der Waals surface area (Å²) < 4.78 is 5.05. The summed E-state index contributed by atoms with van der Waals surface area (Å²) in [6.07, 6.45) is 3.10. The van der Waals surface area contributed by atoms with Crippen molar-refractivity contribution in [3.8, 4) is 0 Å². The van der Waals surface area contributed by atoms with Crippen LogP contribution in [-0.4, -0.2) is 4.98 Å². The third-order valence-electron chi connectivity index (χ3n) is 1.28. The molecule has 1 heterocycles. The summed E-state index contributed by atoms with van der Waals surface area (Å²) in [5.41, 5.74) is 0.984. The molecule has 2 heteroatoms. The molecule has 0 N–H and O–H groups in total. The van der Waals surface area contributed by atoms with Crippen LogP contribution in [0.2, 0.25) is 0 Å². The lowest BCUT2D eigenvalue weighted by Gasteiger charge is -1.89. The Bertz CT molecular complexity index is 162. The van der Waals surface area contributed by atoms with Crippen LogP contribution in [0.4, 0.5) is 0 Å². The molecule has 0 aliphatic heterocycles. The quantitative estimate of drug-likeness (QED) is 0.598. The normalized spacial score (nSPS) is 10.0. The minimum Gasteiger partial charge on any atom is -0.448 e. The SMILES string of the molecule is [CH2]Cc1ncoc1CC. The van der Waals surface area contributed by atoms with Crippen molar-refractivity contribution in [2.24, 2.45) is 0 Å². The van der Waals surface area contributed by atoms with Gasteiger partial charge in [0.05, 0.1) is 5.69 Å². The van der Waals surface area contributed by atoms with Crippen molar-refractivity contribution in [3.05, 3.63) is 24.8 Å². The molecular formula is C7H10NO. The molecule has 0 atom stereocenters. The predicted molar refractivity (Wildman–Crippen MR) is 34.9 cm³/mol. The molecule has 0 unspecified atom stereocenters. The molecule has 0 aliphatic rings. The number of hydrogen-bond donors (Lipinski definition) is 0. The van der Waals surface area contributed by atoms with Crippen LogP contribution < -0.4 is 0 Å². The summed E-state index contributed by atoms with van der Waals surface area (Å²) >= 11 is 0. The van der Waals surface area contributed by atoms with E-state index in [1.165, 1.54) is 6.39 Å². The summed E-state index contributed by atoms with van der Waals surface area (Å²) in [4.78, 5) is 3.98. The average Bonchev–Trinajstić information content (AvgIpc) is 2.33. The first kappa shape index (κ1) is 6.33. The van der Waals surface area contributed by atoms with Crippen LogP contribution in [0, 0.1) is 6.92 Å². The first-order valence-corrected chi connectivity index (χ1v) is 3.09. The fraction of sp³-hybridized carbons (Fsp3) is 0.429. The zero-order chi connectivity index (χ0) is 6.69. The number of nitrogens with zero attached hydrogens (tertiary/aromatic N) is 1. The Balaban J connectivity index is 2.85. The van der Waals surface area contributed by atoms with Gasteiger partial charge in [-0.2, -0.15) is 0 Å². The molecule has 2 nitrogen and oxygen atoms in total. The highest BCUT2D eigenvalue weighted by atomic mass is 16.3. The Hall–Kier alpha value is -0.790. The van der Waals surface area contributed by atoms with E-state index < -0.39 is 0 Å². The Morgan fingerprint density at radius 2 is 2.56 bits per heavy atom. The zero-order valence-electron chi connectivity index (χ0n) is 5.55. The Labute approximate surface area is 54.9 Å². The second-order valence-corrected chi connectivity index (χ2v) is 1.83. The van der Waals surface area contributed by atoms with E-state index >= 15 is 0 Å². The summed E-state index contributed by atoms with van der Waals surface area (Å²) in [6, 6.07) is 0. The number of aryl methyl sites for hydroxylation is 1. The van der Waals surface area contributed by atoms with Crippen LogP contribution in [0.25, 0.3) is 0 Å². The molecule has 0 fully saturated rings. The molecule has 49 valence electrons. The molecule has 0 bridgehead atoms. The van der Waals surface area contributed by atoms with E-state index in [1.807, 2.05) is 6.92 Å². The van der Waals surface area contributed by atoms with Crippen molar-refractivity contribution < 1.29 is 4.42 Å². The highest BCUT2D eigenvalue weighted by Gasteiger charge is 2.00. The maximum absolute atomic E-state index is 5.05. The standard InChI is InChI=1S/C7H10NO/c1-3-6-7(4-2)9-5-8-6/h5H,1,3-4H2,2H3. The van der Waals surface area contributed by atoms with Crippen molar-refractivity contribution in [2.45, 2.75) is 19.8 Å². The Morgan fingerprint density at radius 1 is 1.78 bits per heavy atom. The molecule has 0 saturated heterocycles. The lowest BCUT2D eigenvalue weighted by Crippen LogP contribution is -1.85. The maximum Gasteiger partial charge on any atom is 0.181 e. The summed E-state index contributed by atoms with van der Waals surface area (Å²) in [5, 5.41) is 0. The minimum atomic E-state index is 0.722. The number of aromatic nitrogens is 1. The van der Waals surface area contributed by atoms with Gasteiger partial charge in [0.2, 0.25) is 0 Å². The predicted octanol–water partition coefficient (Wildman–Crippen LogP) is 1.61. The molecule has 1 aromatic heterocycles. The fourth-order valence-corrected chi connectivity index (χ4v) is 0.785. The Kier molecular flexibility index (Phi) is 1.88. The van der Waals surface area contributed by atoms with Gasteiger partial charge < -0.3 is 4.42 Å². The van der Waals surface area contributed by atoms with Gasteiger partial charge in [0.1, 0.15) is 5.76 Å². The van der Waals surface area contributed by atoms with Crippen molar-refractivity contribution in [3.63, 3.8) is 0 Å². The maximum atomic E-state index is 5.05. The summed E-state index contributed by atoms with van der Waals surface area (Å²) in [5.74, 6) is 0.963. The van der Waals surface area contributed by atoms with Gasteiger partial charge in [-0.15, -0.1) is 0 Å². The highest BCUT2D eigenvalue weighted by Crippen LogP contribution is 2.06. The Morgan fingerprint density at radius 3 is 3.00 bits per heavy atom. The summed E-state index contributed by atoms with van der Waals surface area (Å²) in [6.45, 7) is 5.76. The smallest absolute Gasteiger partial charge is 0.181 e. The van der Waals surface area contributed by atoms with Crippen molar-refractivity contribution >= 4 is 0 Å². The van der Waals surface area contributed by atoms with E-state index in [0.29, 0.717) is 0 Å². The van der Waals surface area contributed by atoms with Crippen LogP contribution in [0.5, 0.6) is 0 Å². The third kappa shape index (κ3) is 1.12. The number of oxazole rings is 1. The average molecular weight is 124 g/mol. The second kappa shape index (κ2) is 2.67. The molecule has 0 aliphatic carbocycles. The number of hydrogen-bond acceptors (Lipinski definition) is 2. The molecule has 0 spiro atoms. The van der Waals surface area contributed by atoms with Gasteiger partial charge in [0.15, 0.2) is 6.39 Å². The monoisotopic (exact) mass is 124 g/mol. The molecule has 1 radical (unpaired) electrons. The van der Waals surface area contributed by atoms with Gasteiger partial charge >= 0.3 is 0 Å². The molecule has 1 aromatic rings. The minimum absolute atomic E-state index is 0.722. The van der Waals surface area contributed by atoms with Gasteiger partial charge in [0, 0.05) is 6.42 Å². The van der Waals surface area contributed by atoms with Crippen LogP contribution in [0.3, 0.4) is 0 Å². The van der Waals surface area contributed by atoms with E-state index in [2.05, 4.69) is 11.9 Å². The number of rotatable bonds is 2. The van der Waals surface area contributed by atoms with Gasteiger partial charge in [0.25, 0.3) is 0 Å². The lowest BCUT2D eigenvalue weighted by molar-refractivity contribution is 0.507. The summed E-state index contributed by atoms with van der Waals surface area (Å²) in [7, 11) is 0. The molecule has 0 saturated carbocycles. The largest absolute Gasteiger partial charge is 0.448 e. The first-order chi connectivity index (χ1) is 4.38. The van der Waals surface area contributed by atoms with E-state index in [4.69, 9.17) is 4.42 Å². The molecular weight excluding hydrogens is 114 g/mol. The molecule has 9 heavy (non-hydrogen) atoms. The van der Waals surface area contributed by atoms with Crippen molar-refractivity contribution in [2.75, 3.05) is 0 Å². The van der Waals surface area contributed by atoms with Crippen LogP contribution in [0.15, 0.2) is 10.8 Å². The van der Waals surface area contributed by atoms with Gasteiger partial charge in [-0.05, 0) is 13.3 Å². The van der Waals surface area contributed by atoms with Gasteiger partial charge in [-0.25, -0.2) is 4.98 Å². The van der Waals surface area contributed by atoms with Gasteiger partial charge in [-0.3, -0.25) is 0 Å². The highest BCUT2D eigenvalue weighted by molar-refractivity contribution is 5.07. The van der Waals surface area contributed by atoms with E-state index in [9.17, 15) is 0 Å². The third-order valence-corrected chi connectivity index (χ3v) is 1.28. The molecule has 0 aromatic carbocycles. The van der Waals surface area contributed by atoms with E-state index in [-0.39, 0.29) is 0 Å². The van der Waals surface area contributed by atoms with Crippen molar-refractivity contribution in [1.82, 2.24) is 4.98 Å². The second-order valence-electron chi connectivity index (χ2n) is 1.83. The van der Waals surface area contributed by atoms with Crippen LogP contribution in [0.1, 0.15) is 18.4 Å². The van der Waals surface area contributed by atoms with Crippen LogP contribution >= 0.6 is 0 Å². The first-order valence-electron chi connectivity index (χ1n) is 3.09. The van der Waals surface area contributed by atoms with Crippen LogP contribution in [-0.2, 0) is 12.8 Å². The molecule has 1 rings (SSSR count). The topological polar surface area (TPSA) is 26.0 Å². The lowest BCUT2D eigenvalue weighted by atomic mass is 10.2. The van der Waals surface area contributed by atoms with E-state index in [0.717, 1.165) is 24.3 Å². The van der Waals surface area contributed by atoms with Crippen molar-refractivity contribution in [1.29, 1.82) is 0 Å². The van der Waals surface area contributed by atoms with Gasteiger partial charge in [-0.1, -0.05) is 6.92 Å². The van der Waals surface area contributed by atoms with E-state index in [1.54, 1.807) is 0 Å². The fourth-order valence-electron chi connectivity index (χ4n) is 0.785.